The Labute approximate surface area is 155 Å². The summed E-state index contributed by atoms with van der Waals surface area (Å²) < 4.78 is 0. The van der Waals surface area contributed by atoms with E-state index in [0.29, 0.717) is 38.2 Å². The van der Waals surface area contributed by atoms with E-state index in [-0.39, 0.29) is 17.4 Å². The average Bonchev–Trinajstić information content (AvgIpc) is 3.07. The molecule has 26 heavy (non-hydrogen) atoms. The summed E-state index contributed by atoms with van der Waals surface area (Å²) in [6.45, 7) is 9.26. The van der Waals surface area contributed by atoms with Crippen molar-refractivity contribution < 1.29 is 9.59 Å². The van der Waals surface area contributed by atoms with Crippen LogP contribution in [-0.2, 0) is 11.2 Å². The predicted octanol–water partition coefficient (Wildman–Crippen LogP) is 1.30. The number of nitrogens with one attached hydrogen (secondary N) is 1. The number of hydrogen-bond donors (Lipinski definition) is 1. The molecule has 1 N–H and O–H groups in total. The second-order valence-corrected chi connectivity index (χ2v) is 7.37. The monoisotopic (exact) mass is 359 g/mol. The van der Waals surface area contributed by atoms with Crippen molar-refractivity contribution in [2.75, 3.05) is 39.8 Å². The molecule has 0 aromatic carbocycles. The van der Waals surface area contributed by atoms with Crippen molar-refractivity contribution in [1.82, 2.24) is 24.9 Å². The van der Waals surface area contributed by atoms with E-state index in [2.05, 4.69) is 28.7 Å². The molecule has 142 valence electrons. The van der Waals surface area contributed by atoms with Gasteiger partial charge < -0.3 is 9.80 Å². The summed E-state index contributed by atoms with van der Waals surface area (Å²) in [5.74, 6) is 0.225. The molecular weight excluding hydrogens is 330 g/mol. The minimum absolute atomic E-state index is 0.0431. The van der Waals surface area contributed by atoms with Gasteiger partial charge in [0, 0.05) is 50.4 Å². The second-order valence-electron chi connectivity index (χ2n) is 7.37. The average molecular weight is 359 g/mol. The zero-order chi connectivity index (χ0) is 18.7. The van der Waals surface area contributed by atoms with Crippen molar-refractivity contribution in [3.8, 4) is 0 Å². The molecule has 0 saturated carbocycles. The Balaban J connectivity index is 1.78. The first kappa shape index (κ1) is 18.6. The fourth-order valence-corrected chi connectivity index (χ4v) is 4.15. The number of aromatic amines is 1. The first-order valence-corrected chi connectivity index (χ1v) is 9.42. The summed E-state index contributed by atoms with van der Waals surface area (Å²) in [4.78, 5) is 31.6. The van der Waals surface area contributed by atoms with Crippen LogP contribution in [0.5, 0.6) is 0 Å². The lowest BCUT2D eigenvalue weighted by Gasteiger charge is -2.49. The summed E-state index contributed by atoms with van der Waals surface area (Å²) in [5.41, 5.74) is 1.41. The topological polar surface area (TPSA) is 72.5 Å². The highest BCUT2D eigenvalue weighted by Crippen LogP contribution is 2.32. The van der Waals surface area contributed by atoms with Crippen LogP contribution in [-0.4, -0.2) is 82.0 Å². The summed E-state index contributed by atoms with van der Waals surface area (Å²) in [7, 11) is 2.12. The van der Waals surface area contributed by atoms with E-state index in [1.807, 2.05) is 16.7 Å². The summed E-state index contributed by atoms with van der Waals surface area (Å²) >= 11 is 0. The molecule has 7 heteroatoms. The molecule has 2 aliphatic rings. The lowest BCUT2D eigenvalue weighted by atomic mass is 9.86. The number of rotatable bonds is 4. The largest absolute Gasteiger partial charge is 0.339 e. The van der Waals surface area contributed by atoms with Crippen LogP contribution >= 0.6 is 0 Å². The lowest BCUT2D eigenvalue weighted by molar-refractivity contribution is -0.130. The Hall–Kier alpha value is -2.15. The van der Waals surface area contributed by atoms with Crippen molar-refractivity contribution in [2.45, 2.75) is 38.1 Å². The standard InChI is InChI=1S/C19H29N5O2/c1-4-9-23-10-8-19(7-6-17(23)25)14-24(12-11-22(19)3)18(26)15-13-20-21-16(15)5-2/h4,13H,1,5-12,14H2,2-3H3,(H,20,21). The van der Waals surface area contributed by atoms with E-state index in [4.69, 9.17) is 0 Å². The Bertz CT molecular complexity index is 685. The number of carbonyl (C=O) groups is 2. The number of aromatic nitrogens is 2. The maximum absolute atomic E-state index is 13.0. The molecule has 2 aliphatic heterocycles. The van der Waals surface area contributed by atoms with Crippen molar-refractivity contribution in [1.29, 1.82) is 0 Å². The fourth-order valence-electron chi connectivity index (χ4n) is 4.15. The van der Waals surface area contributed by atoms with Crippen LogP contribution in [0.1, 0.15) is 42.2 Å². The molecule has 2 amide bonds. The minimum Gasteiger partial charge on any atom is -0.339 e. The van der Waals surface area contributed by atoms with E-state index in [0.717, 1.165) is 31.5 Å². The number of amides is 2. The van der Waals surface area contributed by atoms with E-state index in [1.165, 1.54) is 0 Å². The smallest absolute Gasteiger partial charge is 0.257 e. The van der Waals surface area contributed by atoms with E-state index in [1.54, 1.807) is 12.3 Å². The third-order valence-corrected chi connectivity index (χ3v) is 5.94. The maximum Gasteiger partial charge on any atom is 0.257 e. The maximum atomic E-state index is 13.0. The molecule has 1 aromatic rings. The van der Waals surface area contributed by atoms with Crippen LogP contribution in [0, 0.1) is 0 Å². The quantitative estimate of drug-likeness (QED) is 0.823. The predicted molar refractivity (Wildman–Crippen MR) is 99.9 cm³/mol. The van der Waals surface area contributed by atoms with Gasteiger partial charge in [-0.1, -0.05) is 13.0 Å². The van der Waals surface area contributed by atoms with Crippen LogP contribution in [0.25, 0.3) is 0 Å². The van der Waals surface area contributed by atoms with Crippen LogP contribution in [0.15, 0.2) is 18.9 Å². The van der Waals surface area contributed by atoms with E-state index >= 15 is 0 Å². The zero-order valence-electron chi connectivity index (χ0n) is 15.8. The van der Waals surface area contributed by atoms with E-state index < -0.39 is 0 Å². The van der Waals surface area contributed by atoms with Crippen molar-refractivity contribution in [2.24, 2.45) is 0 Å². The van der Waals surface area contributed by atoms with Gasteiger partial charge in [0.05, 0.1) is 11.8 Å². The number of carbonyl (C=O) groups excluding carboxylic acids is 2. The first-order chi connectivity index (χ1) is 12.5. The van der Waals surface area contributed by atoms with Crippen molar-refractivity contribution >= 4 is 11.8 Å². The van der Waals surface area contributed by atoms with Gasteiger partial charge in [-0.3, -0.25) is 19.6 Å². The number of likely N-dealkylation sites (tertiary alicyclic amines) is 1. The van der Waals surface area contributed by atoms with Gasteiger partial charge in [-0.2, -0.15) is 5.10 Å². The van der Waals surface area contributed by atoms with Gasteiger partial charge in [-0.05, 0) is 26.3 Å². The van der Waals surface area contributed by atoms with Gasteiger partial charge in [-0.25, -0.2) is 0 Å². The normalized spacial score (nSPS) is 24.8. The van der Waals surface area contributed by atoms with Gasteiger partial charge >= 0.3 is 0 Å². The van der Waals surface area contributed by atoms with Crippen molar-refractivity contribution in [3.63, 3.8) is 0 Å². The number of likely N-dealkylation sites (N-methyl/N-ethyl adjacent to an activating group) is 1. The Kier molecular flexibility index (Phi) is 5.46. The van der Waals surface area contributed by atoms with Gasteiger partial charge in [0.15, 0.2) is 0 Å². The Morgan fingerprint density at radius 2 is 2.19 bits per heavy atom. The fraction of sp³-hybridized carbons (Fsp3) is 0.632. The molecule has 2 fully saturated rings. The Morgan fingerprint density at radius 3 is 2.92 bits per heavy atom. The molecule has 1 atom stereocenters. The molecular formula is C19H29N5O2. The first-order valence-electron chi connectivity index (χ1n) is 9.42. The van der Waals surface area contributed by atoms with Crippen LogP contribution < -0.4 is 0 Å². The number of hydrogen-bond acceptors (Lipinski definition) is 4. The second kappa shape index (κ2) is 7.61. The highest BCUT2D eigenvalue weighted by molar-refractivity contribution is 5.95. The third-order valence-electron chi connectivity index (χ3n) is 5.94. The lowest BCUT2D eigenvalue weighted by Crippen LogP contribution is -2.62. The Morgan fingerprint density at radius 1 is 1.38 bits per heavy atom. The molecule has 0 bridgehead atoms. The SMILES string of the molecule is C=CCN1CCC2(CCC1=O)CN(C(=O)c1cn[nH]c1CC)CCN2C. The molecule has 0 radical (unpaired) electrons. The molecule has 0 aliphatic carbocycles. The molecule has 3 heterocycles. The van der Waals surface area contributed by atoms with E-state index in [9.17, 15) is 9.59 Å². The zero-order valence-corrected chi connectivity index (χ0v) is 15.8. The molecule has 7 nitrogen and oxygen atoms in total. The summed E-state index contributed by atoms with van der Waals surface area (Å²) in [6, 6.07) is 0. The number of nitrogens with zero attached hydrogens (tertiary/aromatic N) is 4. The van der Waals surface area contributed by atoms with Gasteiger partial charge in [0.25, 0.3) is 5.91 Å². The van der Waals surface area contributed by atoms with Gasteiger partial charge in [-0.15, -0.1) is 6.58 Å². The van der Waals surface area contributed by atoms with Crippen LogP contribution in [0.3, 0.4) is 0 Å². The minimum atomic E-state index is -0.143. The van der Waals surface area contributed by atoms with Crippen LogP contribution in [0.2, 0.25) is 0 Å². The van der Waals surface area contributed by atoms with Crippen LogP contribution in [0.4, 0.5) is 0 Å². The number of H-pyrrole nitrogens is 1. The molecule has 1 spiro atoms. The van der Waals surface area contributed by atoms with Gasteiger partial charge in [0.1, 0.15) is 0 Å². The summed E-state index contributed by atoms with van der Waals surface area (Å²) in [5, 5.41) is 6.96. The van der Waals surface area contributed by atoms with Gasteiger partial charge in [0.2, 0.25) is 5.91 Å². The molecule has 1 unspecified atom stereocenters. The number of piperazine rings is 1. The highest BCUT2D eigenvalue weighted by Gasteiger charge is 2.43. The third kappa shape index (κ3) is 3.40. The number of aryl methyl sites for hydroxylation is 1. The molecule has 1 aromatic heterocycles. The van der Waals surface area contributed by atoms with Crippen molar-refractivity contribution in [3.05, 3.63) is 30.1 Å². The molecule has 2 saturated heterocycles. The molecule has 3 rings (SSSR count). The highest BCUT2D eigenvalue weighted by atomic mass is 16.2. The summed E-state index contributed by atoms with van der Waals surface area (Å²) in [6.07, 6.45) is 6.35.